The fourth-order valence-corrected chi connectivity index (χ4v) is 4.85. The summed E-state index contributed by atoms with van der Waals surface area (Å²) < 4.78 is 2.58. The quantitative estimate of drug-likeness (QED) is 0.399. The summed E-state index contributed by atoms with van der Waals surface area (Å²) in [6.07, 6.45) is 0.340. The van der Waals surface area contributed by atoms with Crippen LogP contribution in [0.2, 0.25) is 0 Å². The Labute approximate surface area is 194 Å². The zero-order valence-corrected chi connectivity index (χ0v) is 19.5. The van der Waals surface area contributed by atoms with E-state index in [1.54, 1.807) is 10.6 Å². The summed E-state index contributed by atoms with van der Waals surface area (Å²) in [6, 6.07) is 21.1. The molecule has 1 atom stereocenters. The molecule has 4 aromatic rings. The highest BCUT2D eigenvalue weighted by molar-refractivity contribution is 9.10. The summed E-state index contributed by atoms with van der Waals surface area (Å²) in [5.41, 5.74) is 4.27. The molecule has 0 saturated heterocycles. The Kier molecular flexibility index (Phi) is 5.18. The Morgan fingerprint density at radius 1 is 1.00 bits per heavy atom. The molecule has 1 aromatic heterocycles. The summed E-state index contributed by atoms with van der Waals surface area (Å²) in [5.74, 6) is 0.227. The molecule has 5 nitrogen and oxygen atoms in total. The third-order valence-corrected chi connectivity index (χ3v) is 6.55. The first-order valence-electron chi connectivity index (χ1n) is 10.7. The lowest BCUT2D eigenvalue weighted by Gasteiger charge is -2.17. The van der Waals surface area contributed by atoms with E-state index in [0.717, 1.165) is 27.0 Å². The molecular formula is C26H22BrN3O2. The van der Waals surface area contributed by atoms with Gasteiger partial charge in [-0.2, -0.15) is 0 Å². The topological polar surface area (TPSA) is 55.2 Å². The average Bonchev–Trinajstić information content (AvgIpc) is 3.05. The molecule has 5 rings (SSSR count). The summed E-state index contributed by atoms with van der Waals surface area (Å²) >= 11 is 3.54. The van der Waals surface area contributed by atoms with E-state index in [4.69, 9.17) is 4.98 Å². The fourth-order valence-electron chi connectivity index (χ4n) is 4.47. The average molecular weight is 488 g/mol. The number of likely N-dealkylation sites (N-methyl/N-ethyl adjacent to an activating group) is 1. The molecule has 0 spiro atoms. The lowest BCUT2D eigenvalue weighted by molar-refractivity contribution is -0.119. The molecule has 0 saturated carbocycles. The van der Waals surface area contributed by atoms with Crippen LogP contribution in [0.1, 0.15) is 29.8 Å². The molecule has 0 aliphatic carbocycles. The second-order valence-electron chi connectivity index (χ2n) is 8.06. The van der Waals surface area contributed by atoms with Crippen LogP contribution in [-0.4, -0.2) is 22.0 Å². The highest BCUT2D eigenvalue weighted by Gasteiger charge is 2.37. The van der Waals surface area contributed by atoms with Crippen LogP contribution in [0.5, 0.6) is 0 Å². The second-order valence-corrected chi connectivity index (χ2v) is 8.98. The van der Waals surface area contributed by atoms with Crippen molar-refractivity contribution in [3.05, 3.63) is 98.5 Å². The number of aromatic nitrogens is 2. The van der Waals surface area contributed by atoms with Crippen molar-refractivity contribution < 1.29 is 4.79 Å². The molecule has 0 unspecified atom stereocenters. The van der Waals surface area contributed by atoms with Crippen LogP contribution < -0.4 is 10.5 Å². The smallest absolute Gasteiger partial charge is 0.265 e. The van der Waals surface area contributed by atoms with Crippen LogP contribution in [-0.2, 0) is 11.2 Å². The molecule has 0 radical (unpaired) electrons. The van der Waals surface area contributed by atoms with E-state index >= 15 is 0 Å². The number of fused-ring (bicyclic) bond motifs is 2. The fraction of sp³-hybridized carbons (Fsp3) is 0.192. The highest BCUT2D eigenvalue weighted by Crippen LogP contribution is 2.40. The van der Waals surface area contributed by atoms with E-state index in [1.165, 1.54) is 0 Å². The molecule has 32 heavy (non-hydrogen) atoms. The molecule has 0 N–H and O–H groups in total. The number of hydrogen-bond donors (Lipinski definition) is 0. The summed E-state index contributed by atoms with van der Waals surface area (Å²) in [4.78, 5) is 33.5. The number of anilines is 1. The first kappa shape index (κ1) is 20.6. The van der Waals surface area contributed by atoms with Gasteiger partial charge in [0.25, 0.3) is 5.56 Å². The van der Waals surface area contributed by atoms with Gasteiger partial charge in [-0.3, -0.25) is 14.2 Å². The Bertz CT molecular complexity index is 1410. The minimum absolute atomic E-state index is 0.0402. The molecule has 1 amide bonds. The van der Waals surface area contributed by atoms with Gasteiger partial charge in [0.15, 0.2) is 0 Å². The van der Waals surface area contributed by atoms with Crippen molar-refractivity contribution in [1.82, 2.24) is 9.55 Å². The third-order valence-electron chi connectivity index (χ3n) is 6.06. The molecule has 0 fully saturated rings. The minimum Gasteiger partial charge on any atom is -0.312 e. The van der Waals surface area contributed by atoms with Crippen molar-refractivity contribution in [1.29, 1.82) is 0 Å². The second kappa shape index (κ2) is 8.02. The number of aryl methyl sites for hydroxylation is 1. The van der Waals surface area contributed by atoms with Crippen molar-refractivity contribution in [3.8, 4) is 5.69 Å². The Balaban J connectivity index is 1.70. The van der Waals surface area contributed by atoms with E-state index < -0.39 is 5.92 Å². The first-order chi connectivity index (χ1) is 15.5. The van der Waals surface area contributed by atoms with E-state index in [1.807, 2.05) is 79.4 Å². The number of rotatable bonds is 4. The SMILES string of the molecule is CCN1C(=O)[C@@H](Cc2nc3ccccc3c(=O)n2-c2ccc(C)cc2)c2cc(Br)ccc21. The van der Waals surface area contributed by atoms with Crippen LogP contribution >= 0.6 is 15.9 Å². The molecular weight excluding hydrogens is 466 g/mol. The molecule has 6 heteroatoms. The summed E-state index contributed by atoms with van der Waals surface area (Å²) in [7, 11) is 0. The minimum atomic E-state index is -0.396. The standard InChI is InChI=1S/C26H22BrN3O2/c1-3-29-23-13-10-17(27)14-20(23)21(25(29)31)15-24-28-22-7-5-4-6-19(22)26(32)30(24)18-11-8-16(2)9-12-18/h4-14,21H,3,15H2,1-2H3/t21-/m0/s1. The lowest BCUT2D eigenvalue weighted by atomic mass is 9.96. The van der Waals surface area contributed by atoms with Crippen molar-refractivity contribution in [2.45, 2.75) is 26.2 Å². The molecule has 160 valence electrons. The van der Waals surface area contributed by atoms with Crippen LogP contribution in [0.4, 0.5) is 5.69 Å². The van der Waals surface area contributed by atoms with Crippen LogP contribution in [0, 0.1) is 6.92 Å². The number of amides is 1. The van der Waals surface area contributed by atoms with Gasteiger partial charge in [0.1, 0.15) is 5.82 Å². The van der Waals surface area contributed by atoms with Gasteiger partial charge in [0.2, 0.25) is 5.91 Å². The van der Waals surface area contributed by atoms with Gasteiger partial charge in [0, 0.05) is 23.1 Å². The van der Waals surface area contributed by atoms with Crippen LogP contribution in [0.25, 0.3) is 16.6 Å². The van der Waals surface area contributed by atoms with Crippen LogP contribution in [0.3, 0.4) is 0 Å². The van der Waals surface area contributed by atoms with E-state index in [0.29, 0.717) is 29.7 Å². The van der Waals surface area contributed by atoms with Crippen LogP contribution in [0.15, 0.2) is 76.0 Å². The Morgan fingerprint density at radius 3 is 2.50 bits per heavy atom. The van der Waals surface area contributed by atoms with Gasteiger partial charge >= 0.3 is 0 Å². The number of hydrogen-bond acceptors (Lipinski definition) is 3. The van der Waals surface area contributed by atoms with Gasteiger partial charge in [0.05, 0.1) is 22.5 Å². The predicted molar refractivity (Wildman–Crippen MR) is 131 cm³/mol. The number of carbonyl (C=O) groups is 1. The maximum absolute atomic E-state index is 13.5. The number of nitrogens with zero attached hydrogens (tertiary/aromatic N) is 3. The first-order valence-corrected chi connectivity index (χ1v) is 11.5. The highest BCUT2D eigenvalue weighted by atomic mass is 79.9. The molecule has 1 aliphatic heterocycles. The van der Waals surface area contributed by atoms with E-state index in [9.17, 15) is 9.59 Å². The summed E-state index contributed by atoms with van der Waals surface area (Å²) in [5, 5.41) is 0.563. The number of carbonyl (C=O) groups excluding carboxylic acids is 1. The molecule has 0 bridgehead atoms. The number of halogens is 1. The number of para-hydroxylation sites is 1. The maximum atomic E-state index is 13.5. The predicted octanol–water partition coefficient (Wildman–Crippen LogP) is 5.15. The van der Waals surface area contributed by atoms with Gasteiger partial charge in [-0.15, -0.1) is 0 Å². The van der Waals surface area contributed by atoms with Crippen molar-refractivity contribution >= 4 is 38.4 Å². The van der Waals surface area contributed by atoms with Crippen molar-refractivity contribution in [2.24, 2.45) is 0 Å². The molecule has 3 aromatic carbocycles. The van der Waals surface area contributed by atoms with Gasteiger partial charge in [-0.25, -0.2) is 4.98 Å². The largest absolute Gasteiger partial charge is 0.312 e. The Hall–Kier alpha value is -3.25. The zero-order valence-electron chi connectivity index (χ0n) is 17.9. The van der Waals surface area contributed by atoms with Gasteiger partial charge < -0.3 is 4.90 Å². The Morgan fingerprint density at radius 2 is 1.75 bits per heavy atom. The monoisotopic (exact) mass is 487 g/mol. The van der Waals surface area contributed by atoms with E-state index in [2.05, 4.69) is 15.9 Å². The maximum Gasteiger partial charge on any atom is 0.265 e. The van der Waals surface area contributed by atoms with E-state index in [-0.39, 0.29) is 11.5 Å². The zero-order chi connectivity index (χ0) is 22.4. The normalized spacial score (nSPS) is 15.4. The van der Waals surface area contributed by atoms with Crippen molar-refractivity contribution in [2.75, 3.05) is 11.4 Å². The van der Waals surface area contributed by atoms with Gasteiger partial charge in [-0.05, 0) is 61.9 Å². The molecule has 2 heterocycles. The number of benzene rings is 3. The van der Waals surface area contributed by atoms with Crippen molar-refractivity contribution in [3.63, 3.8) is 0 Å². The third kappa shape index (κ3) is 3.35. The lowest BCUT2D eigenvalue weighted by Crippen LogP contribution is -2.31. The van der Waals surface area contributed by atoms with Gasteiger partial charge in [-0.1, -0.05) is 45.8 Å². The summed E-state index contributed by atoms with van der Waals surface area (Å²) in [6.45, 7) is 4.58. The molecule has 1 aliphatic rings.